The summed E-state index contributed by atoms with van der Waals surface area (Å²) in [5.74, 6) is -1.10. The number of methoxy groups -OCH3 is 1. The fourth-order valence-corrected chi connectivity index (χ4v) is 3.04. The maximum Gasteiger partial charge on any atom is 0.347 e. The van der Waals surface area contributed by atoms with E-state index in [0.717, 1.165) is 5.56 Å². The fourth-order valence-electron chi connectivity index (χ4n) is 1.91. The molecule has 0 fully saturated rings. The largest absolute Gasteiger partial charge is 0.506 e. The minimum Gasteiger partial charge on any atom is -0.506 e. The Hall–Kier alpha value is -1.82. The summed E-state index contributed by atoms with van der Waals surface area (Å²) in [5.41, 5.74) is 0.0604. The normalized spacial score (nSPS) is 10.8. The Morgan fingerprint density at radius 3 is 2.78 bits per heavy atom. The molecular weight excluding hydrogens is 254 g/mol. The quantitative estimate of drug-likeness (QED) is 0.840. The van der Waals surface area contributed by atoms with Crippen LogP contribution in [0.25, 0.3) is 10.2 Å². The molecule has 0 radical (unpaired) electrons. The number of nitrogens with zero attached hydrogens (tertiary/aromatic N) is 1. The van der Waals surface area contributed by atoms with Crippen LogP contribution in [-0.4, -0.2) is 22.8 Å². The first-order valence-electron chi connectivity index (χ1n) is 5.43. The van der Waals surface area contributed by atoms with E-state index in [4.69, 9.17) is 0 Å². The van der Waals surface area contributed by atoms with E-state index in [2.05, 4.69) is 4.74 Å². The van der Waals surface area contributed by atoms with Crippen LogP contribution in [0.1, 0.15) is 22.8 Å². The molecule has 0 amide bonds. The molecule has 2 rings (SSSR count). The van der Waals surface area contributed by atoms with E-state index in [0.29, 0.717) is 16.6 Å². The minimum absolute atomic E-state index is 0.280. The molecule has 96 valence electrons. The van der Waals surface area contributed by atoms with Crippen molar-refractivity contribution in [3.8, 4) is 5.75 Å². The number of aromatic nitrogens is 1. The van der Waals surface area contributed by atoms with Gasteiger partial charge in [-0.3, -0.25) is 4.79 Å². The Bertz CT molecular complexity index is 683. The zero-order chi connectivity index (χ0) is 13.4. The molecule has 6 heteroatoms. The van der Waals surface area contributed by atoms with Crippen molar-refractivity contribution in [2.45, 2.75) is 13.3 Å². The van der Waals surface area contributed by atoms with Crippen LogP contribution in [0, 0.1) is 0 Å². The number of carbonyl (C=O) groups is 1. The highest BCUT2D eigenvalue weighted by atomic mass is 32.1. The van der Waals surface area contributed by atoms with Crippen molar-refractivity contribution in [2.75, 3.05) is 7.11 Å². The summed E-state index contributed by atoms with van der Waals surface area (Å²) >= 11 is 1.37. The highest BCUT2D eigenvalue weighted by molar-refractivity contribution is 7.17. The number of thiophene rings is 1. The molecule has 0 spiro atoms. The fraction of sp³-hybridized carbons (Fsp3) is 0.333. The van der Waals surface area contributed by atoms with E-state index in [9.17, 15) is 14.7 Å². The lowest BCUT2D eigenvalue weighted by molar-refractivity contribution is 0.0595. The predicted octanol–water partition coefficient (Wildman–Crippen LogP) is 1.65. The average molecular weight is 267 g/mol. The van der Waals surface area contributed by atoms with Gasteiger partial charge in [0.15, 0.2) is 5.56 Å². The third-order valence-electron chi connectivity index (χ3n) is 2.91. The number of fused-ring (bicyclic) bond motifs is 1. The van der Waals surface area contributed by atoms with Crippen molar-refractivity contribution in [3.05, 3.63) is 26.9 Å². The second-order valence-electron chi connectivity index (χ2n) is 3.87. The molecule has 0 aliphatic carbocycles. The van der Waals surface area contributed by atoms with Crippen molar-refractivity contribution in [3.63, 3.8) is 0 Å². The SMILES string of the molecule is CCc1csc2c1c(O)c(C(=O)OC)c(=O)n2C. The molecule has 18 heavy (non-hydrogen) atoms. The smallest absolute Gasteiger partial charge is 0.347 e. The van der Waals surface area contributed by atoms with Gasteiger partial charge in [0.25, 0.3) is 5.56 Å². The number of aryl methyl sites for hydroxylation is 2. The number of ether oxygens (including phenoxy) is 1. The third kappa shape index (κ3) is 1.60. The molecule has 2 aromatic rings. The summed E-state index contributed by atoms with van der Waals surface area (Å²) in [6, 6.07) is 0. The number of aromatic hydroxyl groups is 1. The summed E-state index contributed by atoms with van der Waals surface area (Å²) in [6.07, 6.45) is 0.715. The van der Waals surface area contributed by atoms with Crippen LogP contribution in [0.2, 0.25) is 0 Å². The molecule has 1 N–H and O–H groups in total. The van der Waals surface area contributed by atoms with Gasteiger partial charge < -0.3 is 14.4 Å². The van der Waals surface area contributed by atoms with E-state index in [1.807, 2.05) is 12.3 Å². The van der Waals surface area contributed by atoms with Gasteiger partial charge in [0.2, 0.25) is 0 Å². The van der Waals surface area contributed by atoms with Crippen molar-refractivity contribution in [1.82, 2.24) is 4.57 Å². The van der Waals surface area contributed by atoms with E-state index in [-0.39, 0.29) is 11.3 Å². The van der Waals surface area contributed by atoms with Crippen LogP contribution in [0.3, 0.4) is 0 Å². The van der Waals surface area contributed by atoms with Crippen LogP contribution in [-0.2, 0) is 18.2 Å². The molecule has 0 aliphatic rings. The maximum atomic E-state index is 12.0. The first-order chi connectivity index (χ1) is 8.52. The Labute approximate surface area is 107 Å². The van der Waals surface area contributed by atoms with E-state index in [1.165, 1.54) is 23.0 Å². The van der Waals surface area contributed by atoms with Crippen molar-refractivity contribution >= 4 is 27.5 Å². The van der Waals surface area contributed by atoms with Crippen LogP contribution in [0.4, 0.5) is 0 Å². The lowest BCUT2D eigenvalue weighted by Crippen LogP contribution is -2.25. The number of hydrogen-bond acceptors (Lipinski definition) is 5. The van der Waals surface area contributed by atoms with Gasteiger partial charge in [-0.2, -0.15) is 0 Å². The highest BCUT2D eigenvalue weighted by Crippen LogP contribution is 2.34. The second-order valence-corrected chi connectivity index (χ2v) is 4.73. The molecule has 0 bridgehead atoms. The summed E-state index contributed by atoms with van der Waals surface area (Å²) in [7, 11) is 2.76. The van der Waals surface area contributed by atoms with Gasteiger partial charge in [-0.1, -0.05) is 6.92 Å². The lowest BCUT2D eigenvalue weighted by atomic mass is 10.1. The minimum atomic E-state index is -0.816. The Morgan fingerprint density at radius 1 is 1.56 bits per heavy atom. The molecule has 0 saturated carbocycles. The first-order valence-corrected chi connectivity index (χ1v) is 6.31. The molecule has 2 aromatic heterocycles. The molecule has 5 nitrogen and oxygen atoms in total. The highest BCUT2D eigenvalue weighted by Gasteiger charge is 2.23. The average Bonchev–Trinajstić information content (AvgIpc) is 2.80. The van der Waals surface area contributed by atoms with Crippen LogP contribution >= 0.6 is 11.3 Å². The Morgan fingerprint density at radius 2 is 2.22 bits per heavy atom. The number of carbonyl (C=O) groups excluding carboxylic acids is 1. The van der Waals surface area contributed by atoms with E-state index in [1.54, 1.807) is 7.05 Å². The van der Waals surface area contributed by atoms with Crippen LogP contribution in [0.5, 0.6) is 5.75 Å². The van der Waals surface area contributed by atoms with Gasteiger partial charge in [-0.05, 0) is 17.4 Å². The third-order valence-corrected chi connectivity index (χ3v) is 4.02. The molecule has 0 aliphatic heterocycles. The summed E-state index contributed by atoms with van der Waals surface area (Å²) in [4.78, 5) is 24.2. The molecular formula is C12H13NO4S. The van der Waals surface area contributed by atoms with Gasteiger partial charge >= 0.3 is 5.97 Å². The van der Waals surface area contributed by atoms with Crippen LogP contribution < -0.4 is 5.56 Å². The summed E-state index contributed by atoms with van der Waals surface area (Å²) < 4.78 is 5.91. The molecule has 0 aromatic carbocycles. The molecule has 0 atom stereocenters. The monoisotopic (exact) mass is 267 g/mol. The molecule has 2 heterocycles. The van der Waals surface area contributed by atoms with Crippen LogP contribution in [0.15, 0.2) is 10.2 Å². The predicted molar refractivity (Wildman–Crippen MR) is 69.4 cm³/mol. The topological polar surface area (TPSA) is 68.5 Å². The number of esters is 1. The van der Waals surface area contributed by atoms with Crippen molar-refractivity contribution < 1.29 is 14.6 Å². The number of hydrogen-bond donors (Lipinski definition) is 1. The Balaban J connectivity index is 2.96. The lowest BCUT2D eigenvalue weighted by Gasteiger charge is -2.08. The van der Waals surface area contributed by atoms with E-state index >= 15 is 0 Å². The zero-order valence-electron chi connectivity index (χ0n) is 10.3. The van der Waals surface area contributed by atoms with Gasteiger partial charge in [0.1, 0.15) is 10.6 Å². The van der Waals surface area contributed by atoms with Gasteiger partial charge in [0, 0.05) is 7.05 Å². The van der Waals surface area contributed by atoms with E-state index < -0.39 is 11.5 Å². The zero-order valence-corrected chi connectivity index (χ0v) is 11.1. The summed E-state index contributed by atoms with van der Waals surface area (Å²) in [5, 5.41) is 12.6. The summed E-state index contributed by atoms with van der Waals surface area (Å²) in [6.45, 7) is 1.95. The van der Waals surface area contributed by atoms with Gasteiger partial charge in [-0.15, -0.1) is 11.3 Å². The van der Waals surface area contributed by atoms with Gasteiger partial charge in [-0.25, -0.2) is 4.79 Å². The van der Waals surface area contributed by atoms with Gasteiger partial charge in [0.05, 0.1) is 12.5 Å². The van der Waals surface area contributed by atoms with Crippen molar-refractivity contribution in [1.29, 1.82) is 0 Å². The number of pyridine rings is 1. The number of rotatable bonds is 2. The Kier molecular flexibility index (Phi) is 3.13. The standard InChI is InChI=1S/C12H13NO4S/c1-4-6-5-18-11-7(6)9(14)8(12(16)17-3)10(15)13(11)2/h5,14H,4H2,1-3H3. The first kappa shape index (κ1) is 12.6. The molecule has 0 saturated heterocycles. The van der Waals surface area contributed by atoms with Crippen molar-refractivity contribution in [2.24, 2.45) is 7.05 Å². The molecule has 0 unspecified atom stereocenters. The maximum absolute atomic E-state index is 12.0. The second kappa shape index (κ2) is 4.45.